The number of hydrogen-bond donors (Lipinski definition) is 2. The number of guanidine groups is 1. The maximum Gasteiger partial charge on any atom is 0.218 e. The van der Waals surface area contributed by atoms with Crippen molar-refractivity contribution < 1.29 is 4.74 Å². The van der Waals surface area contributed by atoms with E-state index in [1.54, 1.807) is 20.4 Å². The highest BCUT2D eigenvalue weighted by molar-refractivity contribution is 14.0. The second kappa shape index (κ2) is 10.6. The van der Waals surface area contributed by atoms with Crippen molar-refractivity contribution in [3.8, 4) is 17.1 Å². The standard InChI is InChI=1S/C20H24N6O.HI/c1-21-20(24-12-16-10-7-11-22-19(16)27-3)26(2)14-18-23-13-17(25-18)15-8-5-4-6-9-15;/h4-11,13H,12,14H2,1-3H3,(H,21,24)(H,23,25);1H. The number of aromatic nitrogens is 3. The van der Waals surface area contributed by atoms with E-state index < -0.39 is 0 Å². The largest absolute Gasteiger partial charge is 0.481 e. The van der Waals surface area contributed by atoms with Crippen molar-refractivity contribution in [3.05, 3.63) is 66.2 Å². The minimum atomic E-state index is 0. The van der Waals surface area contributed by atoms with E-state index in [1.165, 1.54) is 0 Å². The summed E-state index contributed by atoms with van der Waals surface area (Å²) in [5, 5.41) is 3.33. The lowest BCUT2D eigenvalue weighted by Crippen LogP contribution is -2.38. The van der Waals surface area contributed by atoms with E-state index in [9.17, 15) is 0 Å². The molecule has 8 heteroatoms. The molecule has 0 radical (unpaired) electrons. The van der Waals surface area contributed by atoms with Gasteiger partial charge in [-0.15, -0.1) is 24.0 Å². The first-order chi connectivity index (χ1) is 13.2. The van der Waals surface area contributed by atoms with Crippen molar-refractivity contribution in [2.24, 2.45) is 4.99 Å². The number of pyridine rings is 1. The highest BCUT2D eigenvalue weighted by Crippen LogP contribution is 2.17. The summed E-state index contributed by atoms with van der Waals surface area (Å²) in [5.74, 6) is 2.25. The van der Waals surface area contributed by atoms with Crippen molar-refractivity contribution in [2.45, 2.75) is 13.1 Å². The van der Waals surface area contributed by atoms with E-state index >= 15 is 0 Å². The Kier molecular flexibility index (Phi) is 8.24. The Morgan fingerprint density at radius 1 is 1.18 bits per heavy atom. The number of halogens is 1. The van der Waals surface area contributed by atoms with Crippen LogP contribution in [0.2, 0.25) is 0 Å². The Morgan fingerprint density at radius 3 is 2.68 bits per heavy atom. The second-order valence-corrected chi connectivity index (χ2v) is 6.04. The average Bonchev–Trinajstić information content (AvgIpc) is 3.18. The van der Waals surface area contributed by atoms with Crippen LogP contribution in [0, 0.1) is 0 Å². The number of nitrogens with zero attached hydrogens (tertiary/aromatic N) is 4. The van der Waals surface area contributed by atoms with Crippen LogP contribution in [0.15, 0.2) is 59.9 Å². The van der Waals surface area contributed by atoms with Gasteiger partial charge in [-0.05, 0) is 11.6 Å². The third-order valence-corrected chi connectivity index (χ3v) is 4.15. The van der Waals surface area contributed by atoms with Crippen LogP contribution in [-0.2, 0) is 13.1 Å². The Balaban J connectivity index is 0.00000280. The maximum absolute atomic E-state index is 5.29. The number of ether oxygens (including phenoxy) is 1. The molecule has 3 rings (SSSR count). The highest BCUT2D eigenvalue weighted by atomic mass is 127. The number of aliphatic imine (C=N–C) groups is 1. The van der Waals surface area contributed by atoms with Crippen LogP contribution >= 0.6 is 24.0 Å². The van der Waals surface area contributed by atoms with E-state index in [0.717, 1.165) is 28.6 Å². The molecule has 28 heavy (non-hydrogen) atoms. The van der Waals surface area contributed by atoms with Crippen LogP contribution in [0.5, 0.6) is 5.88 Å². The summed E-state index contributed by atoms with van der Waals surface area (Å²) in [4.78, 5) is 18.4. The fourth-order valence-corrected chi connectivity index (χ4v) is 2.81. The van der Waals surface area contributed by atoms with Gasteiger partial charge in [0.1, 0.15) is 5.82 Å². The van der Waals surface area contributed by atoms with Gasteiger partial charge in [-0.25, -0.2) is 9.97 Å². The van der Waals surface area contributed by atoms with Crippen molar-refractivity contribution in [1.29, 1.82) is 0 Å². The van der Waals surface area contributed by atoms with Crippen LogP contribution in [0.4, 0.5) is 0 Å². The van der Waals surface area contributed by atoms with Crippen LogP contribution in [0.1, 0.15) is 11.4 Å². The number of methoxy groups -OCH3 is 1. The van der Waals surface area contributed by atoms with Crippen LogP contribution in [0.25, 0.3) is 11.3 Å². The lowest BCUT2D eigenvalue weighted by Gasteiger charge is -2.21. The monoisotopic (exact) mass is 492 g/mol. The summed E-state index contributed by atoms with van der Waals surface area (Å²) in [6, 6.07) is 14.0. The van der Waals surface area contributed by atoms with Gasteiger partial charge in [0.05, 0.1) is 25.5 Å². The van der Waals surface area contributed by atoms with Gasteiger partial charge in [0.25, 0.3) is 0 Å². The van der Waals surface area contributed by atoms with E-state index in [2.05, 4.69) is 37.4 Å². The molecule has 0 atom stereocenters. The van der Waals surface area contributed by atoms with Crippen molar-refractivity contribution in [3.63, 3.8) is 0 Å². The summed E-state index contributed by atoms with van der Waals surface area (Å²) < 4.78 is 5.29. The summed E-state index contributed by atoms with van der Waals surface area (Å²) in [7, 11) is 5.35. The lowest BCUT2D eigenvalue weighted by atomic mass is 10.2. The summed E-state index contributed by atoms with van der Waals surface area (Å²) >= 11 is 0. The van der Waals surface area contributed by atoms with E-state index in [1.807, 2.05) is 48.5 Å². The zero-order valence-electron chi connectivity index (χ0n) is 16.2. The van der Waals surface area contributed by atoms with Gasteiger partial charge in [-0.2, -0.15) is 0 Å². The van der Waals surface area contributed by atoms with Gasteiger partial charge in [-0.1, -0.05) is 36.4 Å². The van der Waals surface area contributed by atoms with E-state index in [-0.39, 0.29) is 24.0 Å². The summed E-state index contributed by atoms with van der Waals surface area (Å²) in [5.41, 5.74) is 3.09. The topological polar surface area (TPSA) is 78.4 Å². The highest BCUT2D eigenvalue weighted by Gasteiger charge is 2.11. The Bertz CT molecular complexity index is 896. The molecule has 0 unspecified atom stereocenters. The number of hydrogen-bond acceptors (Lipinski definition) is 4. The van der Waals surface area contributed by atoms with Gasteiger partial charge in [0.15, 0.2) is 5.96 Å². The maximum atomic E-state index is 5.29. The molecular formula is C20H25IN6O. The van der Waals surface area contributed by atoms with E-state index in [4.69, 9.17) is 4.74 Å². The van der Waals surface area contributed by atoms with Crippen LogP contribution in [-0.4, -0.2) is 47.0 Å². The lowest BCUT2D eigenvalue weighted by molar-refractivity contribution is 0.391. The molecule has 1 aromatic carbocycles. The normalized spacial score (nSPS) is 10.9. The molecule has 148 valence electrons. The molecule has 3 aromatic rings. The minimum Gasteiger partial charge on any atom is -0.481 e. The zero-order valence-corrected chi connectivity index (χ0v) is 18.5. The third-order valence-electron chi connectivity index (χ3n) is 4.15. The van der Waals surface area contributed by atoms with Crippen LogP contribution < -0.4 is 10.1 Å². The fourth-order valence-electron chi connectivity index (χ4n) is 2.81. The molecule has 2 N–H and O–H groups in total. The quantitative estimate of drug-likeness (QED) is 0.314. The fraction of sp³-hybridized carbons (Fsp3) is 0.250. The molecule has 0 aliphatic carbocycles. The second-order valence-electron chi connectivity index (χ2n) is 6.04. The van der Waals surface area contributed by atoms with Crippen molar-refractivity contribution >= 4 is 29.9 Å². The number of rotatable bonds is 6. The molecule has 0 saturated carbocycles. The predicted octanol–water partition coefficient (Wildman–Crippen LogP) is 3.31. The molecule has 2 aromatic heterocycles. The number of aromatic amines is 1. The molecule has 7 nitrogen and oxygen atoms in total. The third kappa shape index (κ3) is 5.44. The van der Waals surface area contributed by atoms with E-state index in [0.29, 0.717) is 19.0 Å². The van der Waals surface area contributed by atoms with Crippen molar-refractivity contribution in [1.82, 2.24) is 25.2 Å². The smallest absolute Gasteiger partial charge is 0.218 e. The number of nitrogens with one attached hydrogen (secondary N) is 2. The van der Waals surface area contributed by atoms with Gasteiger partial charge in [0.2, 0.25) is 5.88 Å². The molecule has 0 aliphatic rings. The Morgan fingerprint density at radius 2 is 1.96 bits per heavy atom. The molecule has 0 saturated heterocycles. The molecule has 0 fully saturated rings. The summed E-state index contributed by atoms with van der Waals surface area (Å²) in [6.45, 7) is 1.18. The Hall–Kier alpha value is -2.62. The number of imidazole rings is 1. The number of H-pyrrole nitrogens is 1. The average molecular weight is 492 g/mol. The molecule has 0 bridgehead atoms. The molecule has 2 heterocycles. The molecular weight excluding hydrogens is 467 g/mol. The number of benzene rings is 1. The van der Waals surface area contributed by atoms with Gasteiger partial charge >= 0.3 is 0 Å². The molecule has 0 aliphatic heterocycles. The molecule has 0 spiro atoms. The minimum absolute atomic E-state index is 0. The Labute approximate surface area is 182 Å². The first-order valence-corrected chi connectivity index (χ1v) is 8.70. The summed E-state index contributed by atoms with van der Waals surface area (Å²) in [6.07, 6.45) is 3.57. The molecule has 0 amide bonds. The first-order valence-electron chi connectivity index (χ1n) is 8.70. The SMILES string of the molecule is CN=C(NCc1cccnc1OC)N(C)Cc1ncc(-c2ccccc2)[nH]1.I. The van der Waals surface area contributed by atoms with Gasteiger partial charge < -0.3 is 19.9 Å². The van der Waals surface area contributed by atoms with Gasteiger partial charge in [-0.3, -0.25) is 4.99 Å². The first kappa shape index (κ1) is 21.7. The van der Waals surface area contributed by atoms with Gasteiger partial charge in [0, 0.05) is 32.4 Å². The van der Waals surface area contributed by atoms with Crippen LogP contribution in [0.3, 0.4) is 0 Å². The van der Waals surface area contributed by atoms with Crippen molar-refractivity contribution in [2.75, 3.05) is 21.2 Å². The predicted molar refractivity (Wildman–Crippen MR) is 122 cm³/mol. The zero-order chi connectivity index (χ0) is 19.1.